The number of amides is 1. The number of furan rings is 1. The Morgan fingerprint density at radius 2 is 1.76 bits per heavy atom. The van der Waals surface area contributed by atoms with Gasteiger partial charge in [0, 0.05) is 17.1 Å². The van der Waals surface area contributed by atoms with Crippen LogP contribution in [0.15, 0.2) is 101 Å². The summed E-state index contributed by atoms with van der Waals surface area (Å²) in [6.07, 6.45) is 5.85. The van der Waals surface area contributed by atoms with Gasteiger partial charge in [0.15, 0.2) is 0 Å². The van der Waals surface area contributed by atoms with Gasteiger partial charge in [-0.15, -0.1) is 0 Å². The summed E-state index contributed by atoms with van der Waals surface area (Å²) in [5.41, 5.74) is 4.12. The fourth-order valence-corrected chi connectivity index (χ4v) is 3.08. The molecule has 1 heterocycles. The van der Waals surface area contributed by atoms with Crippen LogP contribution in [-0.2, 0) is 9.59 Å². The van der Waals surface area contributed by atoms with E-state index < -0.39 is 5.97 Å². The molecule has 0 saturated carbocycles. The van der Waals surface area contributed by atoms with Crippen LogP contribution in [0.2, 0.25) is 0 Å². The molecule has 1 aromatic heterocycles. The fraction of sp³-hybridized carbons (Fsp3) is 0.0385. The van der Waals surface area contributed by atoms with Gasteiger partial charge in [-0.25, -0.2) is 10.2 Å². The smallest absolute Gasteiger partial charge is 0.336 e. The molecule has 0 radical (unpaired) electrons. The van der Waals surface area contributed by atoms with Crippen LogP contribution in [0.5, 0.6) is 5.75 Å². The number of benzene rings is 3. The topological polar surface area (TPSA) is 92.9 Å². The number of esters is 1. The van der Waals surface area contributed by atoms with Crippen molar-refractivity contribution in [2.45, 2.75) is 0 Å². The minimum Gasteiger partial charge on any atom is -0.465 e. The summed E-state index contributed by atoms with van der Waals surface area (Å²) in [6, 6.07) is 24.1. The van der Waals surface area contributed by atoms with Gasteiger partial charge in [0.1, 0.15) is 11.5 Å². The van der Waals surface area contributed by atoms with Crippen molar-refractivity contribution in [1.29, 1.82) is 0 Å². The molecule has 33 heavy (non-hydrogen) atoms. The Balaban J connectivity index is 1.24. The molecule has 4 rings (SSSR count). The van der Waals surface area contributed by atoms with Crippen LogP contribution in [0.3, 0.4) is 0 Å². The van der Waals surface area contributed by atoms with Gasteiger partial charge in [-0.3, -0.25) is 4.79 Å². The first-order valence-electron chi connectivity index (χ1n) is 10.2. The standard InChI is InChI=1S/C26H21N3O4/c30-25(18-27-24-9-3-6-20-5-1-2-8-23(20)24)29-28-17-19-10-12-22(13-11-19)33-26(31)15-14-21-7-4-16-32-21/h1-17,27H,18H2,(H,29,30)/b15-14+,28-17?. The van der Waals surface area contributed by atoms with Crippen molar-refractivity contribution in [3.05, 3.63) is 103 Å². The zero-order chi connectivity index (χ0) is 22.9. The number of rotatable bonds is 8. The van der Waals surface area contributed by atoms with Crippen LogP contribution in [0.4, 0.5) is 5.69 Å². The molecule has 2 N–H and O–H groups in total. The van der Waals surface area contributed by atoms with Crippen molar-refractivity contribution in [2.24, 2.45) is 5.10 Å². The van der Waals surface area contributed by atoms with E-state index >= 15 is 0 Å². The number of carbonyl (C=O) groups excluding carboxylic acids is 2. The highest BCUT2D eigenvalue weighted by Gasteiger charge is 2.04. The Labute approximate surface area is 190 Å². The second kappa shape index (κ2) is 10.6. The molecule has 0 atom stereocenters. The molecule has 0 saturated heterocycles. The van der Waals surface area contributed by atoms with E-state index in [4.69, 9.17) is 9.15 Å². The van der Waals surface area contributed by atoms with Crippen LogP contribution in [0, 0.1) is 0 Å². The maximum Gasteiger partial charge on any atom is 0.336 e. The highest BCUT2D eigenvalue weighted by Crippen LogP contribution is 2.22. The lowest BCUT2D eigenvalue weighted by molar-refractivity contribution is -0.129. The average Bonchev–Trinajstić information content (AvgIpc) is 3.36. The van der Waals surface area contributed by atoms with Crippen LogP contribution < -0.4 is 15.5 Å². The van der Waals surface area contributed by atoms with E-state index in [1.807, 2.05) is 42.5 Å². The predicted molar refractivity (Wildman–Crippen MR) is 128 cm³/mol. The Kier molecular flexibility index (Phi) is 6.92. The van der Waals surface area contributed by atoms with Crippen molar-refractivity contribution in [3.63, 3.8) is 0 Å². The van der Waals surface area contributed by atoms with Crippen LogP contribution >= 0.6 is 0 Å². The van der Waals surface area contributed by atoms with Gasteiger partial charge >= 0.3 is 5.97 Å². The third-order valence-corrected chi connectivity index (χ3v) is 4.66. The number of anilines is 1. The highest BCUT2D eigenvalue weighted by atomic mass is 16.5. The van der Waals surface area contributed by atoms with E-state index in [9.17, 15) is 9.59 Å². The maximum atomic E-state index is 12.1. The van der Waals surface area contributed by atoms with Crippen molar-refractivity contribution in [1.82, 2.24) is 5.43 Å². The molecule has 0 spiro atoms. The van der Waals surface area contributed by atoms with Gasteiger partial charge in [-0.2, -0.15) is 5.10 Å². The summed E-state index contributed by atoms with van der Waals surface area (Å²) in [6.45, 7) is 0.0890. The number of hydrogen-bond acceptors (Lipinski definition) is 6. The molecule has 1 amide bonds. The number of hydrazone groups is 1. The van der Waals surface area contributed by atoms with Gasteiger partial charge in [-0.1, -0.05) is 36.4 Å². The van der Waals surface area contributed by atoms with Crippen LogP contribution in [0.25, 0.3) is 16.8 Å². The molecule has 0 aliphatic heterocycles. The zero-order valence-electron chi connectivity index (χ0n) is 17.6. The molecule has 0 aliphatic rings. The summed E-state index contributed by atoms with van der Waals surface area (Å²) in [4.78, 5) is 24.0. The Morgan fingerprint density at radius 3 is 2.58 bits per heavy atom. The number of hydrogen-bond donors (Lipinski definition) is 2. The average molecular weight is 439 g/mol. The first-order chi connectivity index (χ1) is 16.2. The lowest BCUT2D eigenvalue weighted by Gasteiger charge is -2.08. The second-order valence-corrected chi connectivity index (χ2v) is 7.01. The molecule has 3 aromatic carbocycles. The number of fused-ring (bicyclic) bond motifs is 1. The summed E-state index contributed by atoms with van der Waals surface area (Å²) >= 11 is 0. The number of nitrogens with one attached hydrogen (secondary N) is 2. The van der Waals surface area contributed by atoms with Gasteiger partial charge in [0.2, 0.25) is 0 Å². The molecule has 0 bridgehead atoms. The molecule has 0 fully saturated rings. The summed E-state index contributed by atoms with van der Waals surface area (Å²) in [7, 11) is 0. The fourth-order valence-electron chi connectivity index (χ4n) is 3.08. The highest BCUT2D eigenvalue weighted by molar-refractivity contribution is 5.95. The third kappa shape index (κ3) is 6.18. The van der Waals surface area contributed by atoms with E-state index in [1.54, 1.807) is 36.4 Å². The van der Waals surface area contributed by atoms with E-state index in [0.717, 1.165) is 22.0 Å². The van der Waals surface area contributed by atoms with Gasteiger partial charge in [-0.05, 0) is 59.5 Å². The summed E-state index contributed by atoms with van der Waals surface area (Å²) in [5, 5.41) is 9.26. The van der Waals surface area contributed by atoms with E-state index in [1.165, 1.54) is 24.6 Å². The zero-order valence-corrected chi connectivity index (χ0v) is 17.6. The summed E-state index contributed by atoms with van der Waals surface area (Å²) < 4.78 is 10.3. The Bertz CT molecular complexity index is 1290. The minimum atomic E-state index is -0.515. The first kappa shape index (κ1) is 21.6. The van der Waals surface area contributed by atoms with Crippen LogP contribution in [-0.4, -0.2) is 24.6 Å². The van der Waals surface area contributed by atoms with E-state index in [2.05, 4.69) is 15.8 Å². The Morgan fingerprint density at radius 1 is 0.939 bits per heavy atom. The molecule has 164 valence electrons. The number of carbonyl (C=O) groups is 2. The van der Waals surface area contributed by atoms with Gasteiger partial charge < -0.3 is 14.5 Å². The predicted octanol–water partition coefficient (Wildman–Crippen LogP) is 4.61. The number of nitrogens with zero attached hydrogens (tertiary/aromatic N) is 1. The first-order valence-corrected chi connectivity index (χ1v) is 10.2. The molecule has 4 aromatic rings. The van der Waals surface area contributed by atoms with Gasteiger partial charge in [0.05, 0.1) is 19.0 Å². The SMILES string of the molecule is O=C(CNc1cccc2ccccc12)NN=Cc1ccc(OC(=O)/C=C/c2ccco2)cc1. The lowest BCUT2D eigenvalue weighted by Crippen LogP contribution is -2.25. The normalized spacial score (nSPS) is 11.2. The van der Waals surface area contributed by atoms with Crippen molar-refractivity contribution >= 4 is 40.6 Å². The molecule has 0 aliphatic carbocycles. The largest absolute Gasteiger partial charge is 0.465 e. The maximum absolute atomic E-state index is 12.1. The summed E-state index contributed by atoms with van der Waals surface area (Å²) in [5.74, 6) is 0.171. The quantitative estimate of drug-likeness (QED) is 0.137. The molecule has 7 nitrogen and oxygen atoms in total. The molecule has 0 unspecified atom stereocenters. The van der Waals surface area contributed by atoms with Crippen LogP contribution in [0.1, 0.15) is 11.3 Å². The van der Waals surface area contributed by atoms with Crippen molar-refractivity contribution < 1.29 is 18.7 Å². The van der Waals surface area contributed by atoms with Crippen molar-refractivity contribution in [2.75, 3.05) is 11.9 Å². The minimum absolute atomic E-state index is 0.0890. The second-order valence-electron chi connectivity index (χ2n) is 7.01. The molecule has 7 heteroatoms. The number of ether oxygens (including phenoxy) is 1. The van der Waals surface area contributed by atoms with Crippen molar-refractivity contribution in [3.8, 4) is 5.75 Å². The van der Waals surface area contributed by atoms with E-state index in [-0.39, 0.29) is 12.5 Å². The van der Waals surface area contributed by atoms with Gasteiger partial charge in [0.25, 0.3) is 5.91 Å². The third-order valence-electron chi connectivity index (χ3n) is 4.66. The lowest BCUT2D eigenvalue weighted by atomic mass is 10.1. The molecular weight excluding hydrogens is 418 g/mol. The Hall–Kier alpha value is -4.65. The van der Waals surface area contributed by atoms with E-state index in [0.29, 0.717) is 11.5 Å². The monoisotopic (exact) mass is 439 g/mol. The molecular formula is C26H21N3O4.